The van der Waals surface area contributed by atoms with Gasteiger partial charge < -0.3 is 24.0 Å². The van der Waals surface area contributed by atoms with Gasteiger partial charge in [-0.1, -0.05) is 6.07 Å². The quantitative estimate of drug-likeness (QED) is 0.282. The van der Waals surface area contributed by atoms with Crippen LogP contribution in [0.3, 0.4) is 0 Å². The summed E-state index contributed by atoms with van der Waals surface area (Å²) >= 11 is 0. The fourth-order valence-corrected chi connectivity index (χ4v) is 5.47. The minimum atomic E-state index is -0.730. The zero-order chi connectivity index (χ0) is 32.5. The predicted octanol–water partition coefficient (Wildman–Crippen LogP) is 5.04. The molecule has 1 aromatic carbocycles. The number of piperazine rings is 1. The van der Waals surface area contributed by atoms with Crippen LogP contribution in [0, 0.1) is 13.8 Å². The van der Waals surface area contributed by atoms with Crippen molar-refractivity contribution in [3.05, 3.63) is 59.5 Å². The summed E-state index contributed by atoms with van der Waals surface area (Å²) in [5.74, 6) is 2.40. The van der Waals surface area contributed by atoms with Gasteiger partial charge in [0.15, 0.2) is 17.1 Å². The first kappa shape index (κ1) is 31.6. The molecule has 0 N–H and O–H groups in total. The third-order valence-corrected chi connectivity index (χ3v) is 7.65. The third-order valence-electron chi connectivity index (χ3n) is 7.65. The molecule has 4 aromatic rings. The fourth-order valence-electron chi connectivity index (χ4n) is 5.47. The van der Waals surface area contributed by atoms with Gasteiger partial charge in [0.2, 0.25) is 5.91 Å². The van der Waals surface area contributed by atoms with E-state index in [0.717, 1.165) is 28.1 Å². The molecule has 12 nitrogen and oxygen atoms in total. The molecule has 238 valence electrons. The number of hydrogen-bond donors (Lipinski definition) is 0. The summed E-state index contributed by atoms with van der Waals surface area (Å²) in [6.07, 6.45) is 1.21. The van der Waals surface area contributed by atoms with E-state index in [1.165, 1.54) is 0 Å². The highest BCUT2D eigenvalue weighted by atomic mass is 16.6. The number of carbonyl (C=O) groups excluding carboxylic acids is 2. The largest absolute Gasteiger partial charge is 0.493 e. The van der Waals surface area contributed by atoms with Crippen LogP contribution in [-0.2, 0) is 16.1 Å². The molecule has 0 bridgehead atoms. The molecule has 0 unspecified atom stereocenters. The number of anilines is 2. The number of rotatable bonds is 7. The Morgan fingerprint density at radius 2 is 1.67 bits per heavy atom. The number of benzene rings is 1. The summed E-state index contributed by atoms with van der Waals surface area (Å²) in [5, 5.41) is 4.92. The first-order valence-corrected chi connectivity index (χ1v) is 14.9. The van der Waals surface area contributed by atoms with Gasteiger partial charge in [-0.3, -0.25) is 14.7 Å². The Hall–Kier alpha value is -4.87. The standard InChI is InChI=1S/C33H41N7O5/c1-21-17-24(11-12-34-21)20-39(32(42)45-33(4,5)6)29-19-28(38-15-13-37(14-16-38)23(3)41)35-31-30(22(2)36-40(29)31)25-9-10-26(43-7)27(18-25)44-8/h9-12,17-19H,13-16,20H2,1-8H3. The average molecular weight is 616 g/mol. The number of ether oxygens (including phenoxy) is 3. The van der Waals surface area contributed by atoms with E-state index in [9.17, 15) is 9.59 Å². The van der Waals surface area contributed by atoms with Gasteiger partial charge in [0.25, 0.3) is 0 Å². The van der Waals surface area contributed by atoms with Gasteiger partial charge in [-0.15, -0.1) is 0 Å². The Balaban J connectivity index is 1.72. The SMILES string of the molecule is COc1ccc(-c2c(C)nn3c(N(Cc4ccnc(C)c4)C(=O)OC(C)(C)C)cc(N4CCN(C(C)=O)CC4)nc23)cc1OC. The van der Waals surface area contributed by atoms with Gasteiger partial charge in [0.05, 0.1) is 26.5 Å². The van der Waals surface area contributed by atoms with Crippen molar-refractivity contribution in [2.45, 2.75) is 53.7 Å². The molecule has 4 heterocycles. The Labute approximate surface area is 263 Å². The van der Waals surface area contributed by atoms with Gasteiger partial charge in [-0.25, -0.2) is 9.78 Å². The van der Waals surface area contributed by atoms with Crippen LogP contribution in [0.2, 0.25) is 0 Å². The maximum atomic E-state index is 14.0. The van der Waals surface area contributed by atoms with Crippen molar-refractivity contribution in [2.75, 3.05) is 50.2 Å². The number of methoxy groups -OCH3 is 2. The summed E-state index contributed by atoms with van der Waals surface area (Å²) in [7, 11) is 3.19. The van der Waals surface area contributed by atoms with Gasteiger partial charge >= 0.3 is 6.09 Å². The number of aryl methyl sites for hydroxylation is 2. The van der Waals surface area contributed by atoms with Crippen molar-refractivity contribution < 1.29 is 23.8 Å². The lowest BCUT2D eigenvalue weighted by molar-refractivity contribution is -0.129. The van der Waals surface area contributed by atoms with E-state index in [1.807, 2.05) is 75.9 Å². The lowest BCUT2D eigenvalue weighted by Crippen LogP contribution is -2.48. The lowest BCUT2D eigenvalue weighted by atomic mass is 10.1. The lowest BCUT2D eigenvalue weighted by Gasteiger charge is -2.35. The number of pyridine rings is 1. The highest BCUT2D eigenvalue weighted by Gasteiger charge is 2.30. The minimum Gasteiger partial charge on any atom is -0.493 e. The van der Waals surface area contributed by atoms with Crippen LogP contribution in [-0.4, -0.2) is 82.5 Å². The summed E-state index contributed by atoms with van der Waals surface area (Å²) in [5.41, 5.74) is 3.92. The molecule has 45 heavy (non-hydrogen) atoms. The van der Waals surface area contributed by atoms with E-state index in [1.54, 1.807) is 36.8 Å². The van der Waals surface area contributed by atoms with Crippen molar-refractivity contribution in [2.24, 2.45) is 0 Å². The molecule has 3 aromatic heterocycles. The average Bonchev–Trinajstić information content (AvgIpc) is 3.33. The van der Waals surface area contributed by atoms with E-state index >= 15 is 0 Å². The smallest absolute Gasteiger partial charge is 0.416 e. The van der Waals surface area contributed by atoms with E-state index < -0.39 is 11.7 Å². The highest BCUT2D eigenvalue weighted by Crippen LogP contribution is 2.37. The van der Waals surface area contributed by atoms with Crippen LogP contribution in [0.4, 0.5) is 16.4 Å². The van der Waals surface area contributed by atoms with Crippen LogP contribution in [0.25, 0.3) is 16.8 Å². The second-order valence-corrected chi connectivity index (χ2v) is 12.1. The molecule has 1 fully saturated rings. The van der Waals surface area contributed by atoms with Crippen LogP contribution in [0.15, 0.2) is 42.6 Å². The summed E-state index contributed by atoms with van der Waals surface area (Å²) < 4.78 is 18.7. The molecule has 2 amide bonds. The Morgan fingerprint density at radius 1 is 0.956 bits per heavy atom. The minimum absolute atomic E-state index is 0.0460. The number of carbonyl (C=O) groups is 2. The van der Waals surface area contributed by atoms with Crippen molar-refractivity contribution in [3.63, 3.8) is 0 Å². The molecule has 12 heteroatoms. The molecular formula is C33H41N7O5. The molecule has 0 radical (unpaired) electrons. The first-order chi connectivity index (χ1) is 21.4. The zero-order valence-corrected chi connectivity index (χ0v) is 27.2. The maximum Gasteiger partial charge on any atom is 0.416 e. The van der Waals surface area contributed by atoms with E-state index in [2.05, 4.69) is 9.88 Å². The molecular weight excluding hydrogens is 574 g/mol. The number of aromatic nitrogens is 4. The number of nitrogens with zero attached hydrogens (tertiary/aromatic N) is 7. The topological polar surface area (TPSA) is 115 Å². The van der Waals surface area contributed by atoms with Crippen LogP contribution in [0.5, 0.6) is 11.5 Å². The summed E-state index contributed by atoms with van der Waals surface area (Å²) in [4.78, 5) is 41.0. The molecule has 0 atom stereocenters. The van der Waals surface area contributed by atoms with Crippen LogP contribution in [0.1, 0.15) is 44.6 Å². The van der Waals surface area contributed by atoms with Gasteiger partial charge in [-0.05, 0) is 70.0 Å². The molecule has 1 saturated heterocycles. The monoisotopic (exact) mass is 615 g/mol. The van der Waals surface area contributed by atoms with Crippen molar-refractivity contribution in [1.82, 2.24) is 24.5 Å². The number of hydrogen-bond acceptors (Lipinski definition) is 9. The second-order valence-electron chi connectivity index (χ2n) is 12.1. The summed E-state index contributed by atoms with van der Waals surface area (Å²) in [6, 6.07) is 11.4. The molecule has 1 aliphatic heterocycles. The predicted molar refractivity (Wildman–Crippen MR) is 172 cm³/mol. The van der Waals surface area contributed by atoms with Crippen LogP contribution < -0.4 is 19.3 Å². The molecule has 1 aliphatic rings. The van der Waals surface area contributed by atoms with Gasteiger partial charge in [-0.2, -0.15) is 9.61 Å². The van der Waals surface area contributed by atoms with Gasteiger partial charge in [0.1, 0.15) is 17.2 Å². The maximum absolute atomic E-state index is 14.0. The van der Waals surface area contributed by atoms with Gasteiger partial charge in [0, 0.05) is 56.6 Å². The second kappa shape index (κ2) is 12.6. The highest BCUT2D eigenvalue weighted by molar-refractivity contribution is 5.90. The third kappa shape index (κ3) is 6.79. The molecule has 0 saturated carbocycles. The van der Waals surface area contributed by atoms with E-state index in [4.69, 9.17) is 24.3 Å². The Kier molecular flexibility index (Phi) is 8.85. The van der Waals surface area contributed by atoms with Crippen molar-refractivity contribution in [3.8, 4) is 22.6 Å². The van der Waals surface area contributed by atoms with Crippen molar-refractivity contribution in [1.29, 1.82) is 0 Å². The number of fused-ring (bicyclic) bond motifs is 1. The molecule has 0 spiro atoms. The Morgan fingerprint density at radius 3 is 2.29 bits per heavy atom. The zero-order valence-electron chi connectivity index (χ0n) is 27.2. The fraction of sp³-hybridized carbons (Fsp3) is 0.424. The Bertz CT molecular complexity index is 1720. The normalized spacial score (nSPS) is 13.6. The molecule has 5 rings (SSSR count). The van der Waals surface area contributed by atoms with E-state index in [-0.39, 0.29) is 12.5 Å². The van der Waals surface area contributed by atoms with E-state index in [0.29, 0.717) is 55.0 Å². The summed E-state index contributed by atoms with van der Waals surface area (Å²) in [6.45, 7) is 13.5. The van der Waals surface area contributed by atoms with Crippen molar-refractivity contribution >= 4 is 29.3 Å². The first-order valence-electron chi connectivity index (χ1n) is 14.9. The number of amides is 2. The molecule has 0 aliphatic carbocycles. The van der Waals surface area contributed by atoms with Crippen LogP contribution >= 0.6 is 0 Å².